The van der Waals surface area contributed by atoms with Gasteiger partial charge in [-0.25, -0.2) is 4.68 Å². The number of aromatic nitrogens is 4. The molecule has 0 fully saturated rings. The predicted molar refractivity (Wildman–Crippen MR) is 94.5 cm³/mol. The van der Waals surface area contributed by atoms with Gasteiger partial charge in [0.1, 0.15) is 5.03 Å². The van der Waals surface area contributed by atoms with Crippen molar-refractivity contribution < 1.29 is 4.79 Å². The first-order valence-electron chi connectivity index (χ1n) is 8.42. The van der Waals surface area contributed by atoms with Crippen LogP contribution in [0, 0.1) is 6.92 Å². The summed E-state index contributed by atoms with van der Waals surface area (Å²) in [5.41, 5.74) is 3.71. The fourth-order valence-corrected chi connectivity index (χ4v) is 3.46. The number of thioether (sulfide) groups is 1. The quantitative estimate of drug-likeness (QED) is 0.814. The van der Waals surface area contributed by atoms with Gasteiger partial charge in [0, 0.05) is 11.7 Å². The molecule has 1 unspecified atom stereocenters. The van der Waals surface area contributed by atoms with Crippen LogP contribution in [0.25, 0.3) is 5.82 Å². The van der Waals surface area contributed by atoms with E-state index in [1.165, 1.54) is 29.4 Å². The van der Waals surface area contributed by atoms with Crippen LogP contribution in [-0.2, 0) is 17.6 Å². The van der Waals surface area contributed by atoms with E-state index in [1.807, 2.05) is 23.7 Å². The van der Waals surface area contributed by atoms with Crippen molar-refractivity contribution in [2.75, 3.05) is 5.75 Å². The Balaban J connectivity index is 1.63. The average Bonchev–Trinajstić information content (AvgIpc) is 3.16. The third-order valence-corrected chi connectivity index (χ3v) is 5.30. The number of rotatable bonds is 6. The van der Waals surface area contributed by atoms with Gasteiger partial charge in [0.15, 0.2) is 5.82 Å². The fraction of sp³-hybridized carbons (Fsp3) is 0.529. The molecule has 0 aromatic carbocycles. The second-order valence-corrected chi connectivity index (χ2v) is 7.17. The molecule has 3 rings (SSSR count). The zero-order valence-electron chi connectivity index (χ0n) is 14.4. The number of nitrogens with zero attached hydrogens (tertiary/aromatic N) is 4. The summed E-state index contributed by atoms with van der Waals surface area (Å²) in [4.78, 5) is 11.8. The topological polar surface area (TPSA) is 72.7 Å². The largest absolute Gasteiger partial charge is 0.353 e. The van der Waals surface area contributed by atoms with Crippen molar-refractivity contribution in [2.24, 2.45) is 0 Å². The summed E-state index contributed by atoms with van der Waals surface area (Å²) in [5.74, 6) is 1.11. The highest BCUT2D eigenvalue weighted by Crippen LogP contribution is 2.26. The summed E-state index contributed by atoms with van der Waals surface area (Å²) < 4.78 is 1.88. The van der Waals surface area contributed by atoms with Gasteiger partial charge in [-0.1, -0.05) is 18.7 Å². The Morgan fingerprint density at radius 3 is 2.88 bits per heavy atom. The number of amides is 1. The molecule has 1 amide bonds. The van der Waals surface area contributed by atoms with Crippen LogP contribution in [0.2, 0.25) is 0 Å². The molecule has 0 saturated carbocycles. The van der Waals surface area contributed by atoms with Crippen molar-refractivity contribution in [1.82, 2.24) is 25.3 Å². The molecule has 0 aliphatic heterocycles. The third-order valence-electron chi connectivity index (χ3n) is 4.38. The molecule has 1 aliphatic carbocycles. The first-order valence-corrected chi connectivity index (χ1v) is 9.40. The van der Waals surface area contributed by atoms with Crippen LogP contribution in [0.15, 0.2) is 17.2 Å². The maximum absolute atomic E-state index is 11.8. The number of nitrogens with one attached hydrogen (secondary N) is 1. The minimum absolute atomic E-state index is 0.0274. The SMILES string of the molecule is CCC(C)NC(=O)CSc1ccc(-n2nc3c(c2C)CCC3)nn1. The summed E-state index contributed by atoms with van der Waals surface area (Å²) in [6.45, 7) is 6.14. The highest BCUT2D eigenvalue weighted by atomic mass is 32.2. The molecule has 6 nitrogen and oxygen atoms in total. The summed E-state index contributed by atoms with van der Waals surface area (Å²) >= 11 is 1.40. The molecule has 1 atom stereocenters. The van der Waals surface area contributed by atoms with E-state index in [0.717, 1.165) is 35.8 Å². The van der Waals surface area contributed by atoms with Gasteiger partial charge in [0.05, 0.1) is 11.4 Å². The fourth-order valence-electron chi connectivity index (χ4n) is 2.84. The molecule has 1 aliphatic rings. The Hall–Kier alpha value is -1.89. The molecule has 1 N–H and O–H groups in total. The molecule has 2 aromatic rings. The molecular weight excluding hydrogens is 322 g/mol. The molecule has 2 aromatic heterocycles. The van der Waals surface area contributed by atoms with Crippen LogP contribution in [0.5, 0.6) is 0 Å². The van der Waals surface area contributed by atoms with E-state index in [4.69, 9.17) is 0 Å². The van der Waals surface area contributed by atoms with Gasteiger partial charge in [-0.2, -0.15) is 5.10 Å². The summed E-state index contributed by atoms with van der Waals surface area (Å²) in [6, 6.07) is 4.02. The zero-order chi connectivity index (χ0) is 17.1. The van der Waals surface area contributed by atoms with E-state index in [9.17, 15) is 4.79 Å². The van der Waals surface area contributed by atoms with Gasteiger partial charge in [-0.05, 0) is 57.2 Å². The molecule has 7 heteroatoms. The van der Waals surface area contributed by atoms with Crippen LogP contribution in [0.3, 0.4) is 0 Å². The lowest BCUT2D eigenvalue weighted by Crippen LogP contribution is -2.33. The van der Waals surface area contributed by atoms with E-state index < -0.39 is 0 Å². The Morgan fingerprint density at radius 2 is 2.21 bits per heavy atom. The summed E-state index contributed by atoms with van der Waals surface area (Å²) in [7, 11) is 0. The van der Waals surface area contributed by atoms with Gasteiger partial charge < -0.3 is 5.32 Å². The van der Waals surface area contributed by atoms with E-state index in [1.54, 1.807) is 0 Å². The van der Waals surface area contributed by atoms with Crippen LogP contribution in [0.4, 0.5) is 0 Å². The summed E-state index contributed by atoms with van der Waals surface area (Å²) in [6.07, 6.45) is 4.28. The second-order valence-electron chi connectivity index (χ2n) is 6.17. The van der Waals surface area contributed by atoms with Crippen molar-refractivity contribution in [3.8, 4) is 5.82 Å². The lowest BCUT2D eigenvalue weighted by Gasteiger charge is -2.10. The number of hydrogen-bond donors (Lipinski definition) is 1. The number of carbonyl (C=O) groups excluding carboxylic acids is 1. The van der Waals surface area contributed by atoms with Gasteiger partial charge >= 0.3 is 0 Å². The Morgan fingerprint density at radius 1 is 1.38 bits per heavy atom. The van der Waals surface area contributed by atoms with Crippen molar-refractivity contribution in [3.05, 3.63) is 29.1 Å². The van der Waals surface area contributed by atoms with Crippen molar-refractivity contribution in [3.63, 3.8) is 0 Å². The molecule has 0 bridgehead atoms. The van der Waals surface area contributed by atoms with E-state index in [0.29, 0.717) is 5.75 Å². The van der Waals surface area contributed by atoms with Gasteiger partial charge in [-0.3, -0.25) is 4.79 Å². The van der Waals surface area contributed by atoms with E-state index >= 15 is 0 Å². The summed E-state index contributed by atoms with van der Waals surface area (Å²) in [5, 5.41) is 16.8. The number of fused-ring (bicyclic) bond motifs is 1. The second kappa shape index (κ2) is 7.34. The number of carbonyl (C=O) groups is 1. The molecule has 128 valence electrons. The predicted octanol–water partition coefficient (Wildman–Crippen LogP) is 2.47. The van der Waals surface area contributed by atoms with Crippen LogP contribution in [-0.4, -0.2) is 37.7 Å². The maximum atomic E-state index is 11.8. The zero-order valence-corrected chi connectivity index (χ0v) is 15.2. The maximum Gasteiger partial charge on any atom is 0.230 e. The Bertz CT molecular complexity index is 725. The van der Waals surface area contributed by atoms with Crippen LogP contribution < -0.4 is 5.32 Å². The molecule has 0 saturated heterocycles. The standard InChI is InChI=1S/C17H23N5OS/c1-4-11(2)18-16(23)10-24-17-9-8-15(19-20-17)22-12(3)13-6-5-7-14(13)21-22/h8-9,11H,4-7,10H2,1-3H3,(H,18,23). The highest BCUT2D eigenvalue weighted by Gasteiger charge is 2.20. The number of hydrogen-bond acceptors (Lipinski definition) is 5. The van der Waals surface area contributed by atoms with E-state index in [-0.39, 0.29) is 11.9 Å². The molecule has 2 heterocycles. The van der Waals surface area contributed by atoms with Crippen molar-refractivity contribution >= 4 is 17.7 Å². The smallest absolute Gasteiger partial charge is 0.230 e. The minimum Gasteiger partial charge on any atom is -0.353 e. The molecular formula is C17H23N5OS. The highest BCUT2D eigenvalue weighted by molar-refractivity contribution is 7.99. The normalized spacial score (nSPS) is 14.5. The van der Waals surface area contributed by atoms with Crippen molar-refractivity contribution in [1.29, 1.82) is 0 Å². The Labute approximate surface area is 146 Å². The molecule has 0 radical (unpaired) electrons. The Kier molecular flexibility index (Phi) is 5.18. The van der Waals surface area contributed by atoms with Crippen LogP contribution >= 0.6 is 11.8 Å². The minimum atomic E-state index is 0.0274. The van der Waals surface area contributed by atoms with Crippen LogP contribution in [0.1, 0.15) is 43.6 Å². The third kappa shape index (κ3) is 3.61. The molecule has 24 heavy (non-hydrogen) atoms. The van der Waals surface area contributed by atoms with Gasteiger partial charge in [-0.15, -0.1) is 10.2 Å². The lowest BCUT2D eigenvalue weighted by atomic mass is 10.2. The molecule has 0 spiro atoms. The van der Waals surface area contributed by atoms with E-state index in [2.05, 4.69) is 34.5 Å². The monoisotopic (exact) mass is 345 g/mol. The first kappa shape index (κ1) is 17.0. The lowest BCUT2D eigenvalue weighted by molar-refractivity contribution is -0.119. The number of aryl methyl sites for hydroxylation is 1. The van der Waals surface area contributed by atoms with Crippen molar-refractivity contribution in [2.45, 2.75) is 57.5 Å². The average molecular weight is 345 g/mol. The van der Waals surface area contributed by atoms with Gasteiger partial charge in [0.2, 0.25) is 5.91 Å². The van der Waals surface area contributed by atoms with Gasteiger partial charge in [0.25, 0.3) is 0 Å². The first-order chi connectivity index (χ1) is 11.6.